The first-order valence-corrected chi connectivity index (χ1v) is 6.49. The third-order valence-electron chi connectivity index (χ3n) is 3.40. The van der Waals surface area contributed by atoms with Crippen molar-refractivity contribution < 1.29 is 24.2 Å². The number of nitrogens with one attached hydrogen (secondary N) is 2. The number of urea groups is 1. The van der Waals surface area contributed by atoms with Crippen molar-refractivity contribution in [3.05, 3.63) is 0 Å². The van der Waals surface area contributed by atoms with Gasteiger partial charge in [0.15, 0.2) is 6.10 Å². The Balaban J connectivity index is 2.36. The van der Waals surface area contributed by atoms with Crippen LogP contribution >= 0.6 is 0 Å². The minimum absolute atomic E-state index is 0.00428. The molecule has 1 atom stereocenters. The quantitative estimate of drug-likeness (QED) is 0.617. The summed E-state index contributed by atoms with van der Waals surface area (Å²) in [4.78, 5) is 35.6. The minimum Gasteiger partial charge on any atom is -0.479 e. The molecule has 0 aromatic rings. The topological polar surface area (TPSA) is 108 Å². The number of nitrogens with zero attached hydrogens (tertiary/aromatic N) is 1. The number of aliphatic carboxylic acids is 1. The lowest BCUT2D eigenvalue weighted by atomic mass is 9.96. The van der Waals surface area contributed by atoms with Crippen LogP contribution in [0.4, 0.5) is 4.79 Å². The molecule has 0 spiro atoms. The van der Waals surface area contributed by atoms with Gasteiger partial charge in [-0.15, -0.1) is 0 Å². The molecule has 0 saturated carbocycles. The molecular formula is C12H21N3O5. The number of methoxy groups -OCH3 is 1. The second-order valence-corrected chi connectivity index (χ2v) is 4.62. The molecule has 114 valence electrons. The summed E-state index contributed by atoms with van der Waals surface area (Å²) in [6.07, 6.45) is 0.168. The number of carboxylic acid groups (broad SMARTS) is 1. The van der Waals surface area contributed by atoms with Crippen LogP contribution < -0.4 is 10.6 Å². The van der Waals surface area contributed by atoms with Crippen molar-refractivity contribution in [2.45, 2.75) is 18.9 Å². The summed E-state index contributed by atoms with van der Waals surface area (Å²) in [5, 5.41) is 13.9. The van der Waals surface area contributed by atoms with E-state index in [1.165, 1.54) is 7.11 Å². The second kappa shape index (κ2) is 7.68. The van der Waals surface area contributed by atoms with Gasteiger partial charge in [-0.1, -0.05) is 0 Å². The van der Waals surface area contributed by atoms with Gasteiger partial charge in [-0.2, -0.15) is 0 Å². The molecule has 1 fully saturated rings. The van der Waals surface area contributed by atoms with Crippen molar-refractivity contribution in [2.24, 2.45) is 5.92 Å². The molecule has 0 aliphatic carbocycles. The number of carbonyl (C=O) groups excluding carboxylic acids is 2. The normalized spacial score (nSPS) is 17.4. The van der Waals surface area contributed by atoms with Gasteiger partial charge in [0.25, 0.3) is 0 Å². The van der Waals surface area contributed by atoms with Gasteiger partial charge < -0.3 is 25.4 Å². The summed E-state index contributed by atoms with van der Waals surface area (Å²) >= 11 is 0. The molecule has 0 bridgehead atoms. The zero-order valence-electron chi connectivity index (χ0n) is 11.7. The van der Waals surface area contributed by atoms with Crippen LogP contribution in [-0.2, 0) is 14.3 Å². The molecule has 0 aromatic carbocycles. The second-order valence-electron chi connectivity index (χ2n) is 4.62. The van der Waals surface area contributed by atoms with Crippen LogP contribution in [0.15, 0.2) is 0 Å². The Morgan fingerprint density at radius 1 is 1.35 bits per heavy atom. The predicted octanol–water partition coefficient (Wildman–Crippen LogP) is -0.746. The average molecular weight is 287 g/mol. The van der Waals surface area contributed by atoms with Crippen LogP contribution in [0, 0.1) is 5.92 Å². The number of piperidine rings is 1. The molecule has 0 radical (unpaired) electrons. The third kappa shape index (κ3) is 4.37. The zero-order chi connectivity index (χ0) is 15.1. The van der Waals surface area contributed by atoms with Gasteiger partial charge in [-0.25, -0.2) is 9.59 Å². The van der Waals surface area contributed by atoms with E-state index >= 15 is 0 Å². The maximum absolute atomic E-state index is 11.9. The van der Waals surface area contributed by atoms with Gasteiger partial charge in [0.1, 0.15) is 0 Å². The van der Waals surface area contributed by atoms with Gasteiger partial charge in [0, 0.05) is 33.2 Å². The lowest BCUT2D eigenvalue weighted by Gasteiger charge is -2.31. The lowest BCUT2D eigenvalue weighted by molar-refractivity contribution is -0.148. The van der Waals surface area contributed by atoms with Gasteiger partial charge in [0.05, 0.1) is 6.54 Å². The summed E-state index contributed by atoms with van der Waals surface area (Å²) in [5.74, 6) is -1.18. The number of carboxylic acids is 1. The minimum atomic E-state index is -1.12. The van der Waals surface area contributed by atoms with Crippen LogP contribution in [0.2, 0.25) is 0 Å². The fourth-order valence-electron chi connectivity index (χ4n) is 2.11. The Morgan fingerprint density at radius 3 is 2.40 bits per heavy atom. The molecule has 8 heteroatoms. The first-order chi connectivity index (χ1) is 9.49. The monoisotopic (exact) mass is 287 g/mol. The van der Waals surface area contributed by atoms with E-state index in [-0.39, 0.29) is 24.4 Å². The highest BCUT2D eigenvalue weighted by Gasteiger charge is 2.27. The van der Waals surface area contributed by atoms with Gasteiger partial charge >= 0.3 is 12.0 Å². The number of carbonyl (C=O) groups is 3. The van der Waals surface area contributed by atoms with Crippen molar-refractivity contribution in [1.29, 1.82) is 0 Å². The average Bonchev–Trinajstić information content (AvgIpc) is 2.46. The zero-order valence-corrected chi connectivity index (χ0v) is 11.7. The number of likely N-dealkylation sites (tertiary alicyclic amines) is 1. The molecule has 0 aromatic heterocycles. The Bertz CT molecular complexity index is 366. The van der Waals surface area contributed by atoms with E-state index in [0.29, 0.717) is 25.9 Å². The lowest BCUT2D eigenvalue weighted by Crippen LogP contribution is -2.49. The molecule has 1 aliphatic heterocycles. The summed E-state index contributed by atoms with van der Waals surface area (Å²) in [6, 6.07) is -0.330. The van der Waals surface area contributed by atoms with Crippen LogP contribution in [0.3, 0.4) is 0 Å². The van der Waals surface area contributed by atoms with Crippen LogP contribution in [-0.4, -0.2) is 67.8 Å². The summed E-state index contributed by atoms with van der Waals surface area (Å²) in [6.45, 7) is 0.878. The summed E-state index contributed by atoms with van der Waals surface area (Å²) < 4.78 is 4.73. The van der Waals surface area contributed by atoms with Gasteiger partial charge in [-0.3, -0.25) is 4.79 Å². The van der Waals surface area contributed by atoms with Gasteiger partial charge in [0.2, 0.25) is 5.91 Å². The highest BCUT2D eigenvalue weighted by molar-refractivity contribution is 5.79. The van der Waals surface area contributed by atoms with E-state index in [9.17, 15) is 14.4 Å². The fourth-order valence-corrected chi connectivity index (χ4v) is 2.11. The molecule has 8 nitrogen and oxygen atoms in total. The van der Waals surface area contributed by atoms with E-state index in [1.54, 1.807) is 11.9 Å². The van der Waals surface area contributed by atoms with Crippen LogP contribution in [0.5, 0.6) is 0 Å². The number of ether oxygens (including phenoxy) is 1. The van der Waals surface area contributed by atoms with E-state index < -0.39 is 12.1 Å². The molecule has 1 unspecified atom stereocenters. The van der Waals surface area contributed by atoms with Crippen molar-refractivity contribution in [3.8, 4) is 0 Å². The van der Waals surface area contributed by atoms with Crippen molar-refractivity contribution in [1.82, 2.24) is 15.5 Å². The summed E-state index contributed by atoms with van der Waals surface area (Å²) in [7, 11) is 2.87. The SMILES string of the molecule is CNC(=O)C1CCN(C(=O)NCC(OC)C(=O)O)CC1. The van der Waals surface area contributed by atoms with Crippen LogP contribution in [0.1, 0.15) is 12.8 Å². The van der Waals surface area contributed by atoms with Gasteiger partial charge in [-0.05, 0) is 12.8 Å². The Kier molecular flexibility index (Phi) is 6.23. The Labute approximate surface area is 117 Å². The predicted molar refractivity (Wildman–Crippen MR) is 70.2 cm³/mol. The van der Waals surface area contributed by atoms with Crippen molar-refractivity contribution >= 4 is 17.9 Å². The molecule has 1 saturated heterocycles. The Hall–Kier alpha value is -1.83. The van der Waals surface area contributed by atoms with E-state index in [0.717, 1.165) is 0 Å². The first-order valence-electron chi connectivity index (χ1n) is 6.49. The molecule has 3 N–H and O–H groups in total. The first kappa shape index (κ1) is 16.2. The number of hydrogen-bond donors (Lipinski definition) is 3. The highest BCUT2D eigenvalue weighted by atomic mass is 16.5. The maximum atomic E-state index is 11.9. The van der Waals surface area contributed by atoms with Crippen LogP contribution in [0.25, 0.3) is 0 Å². The van der Waals surface area contributed by atoms with E-state index in [4.69, 9.17) is 9.84 Å². The molecular weight excluding hydrogens is 266 g/mol. The fraction of sp³-hybridized carbons (Fsp3) is 0.750. The maximum Gasteiger partial charge on any atom is 0.334 e. The third-order valence-corrected chi connectivity index (χ3v) is 3.40. The number of rotatable bonds is 5. The number of hydrogen-bond acceptors (Lipinski definition) is 4. The molecule has 20 heavy (non-hydrogen) atoms. The van der Waals surface area contributed by atoms with E-state index in [1.807, 2.05) is 0 Å². The van der Waals surface area contributed by atoms with E-state index in [2.05, 4.69) is 10.6 Å². The largest absolute Gasteiger partial charge is 0.479 e. The number of amides is 3. The highest BCUT2D eigenvalue weighted by Crippen LogP contribution is 2.17. The van der Waals surface area contributed by atoms with Crippen molar-refractivity contribution in [3.63, 3.8) is 0 Å². The summed E-state index contributed by atoms with van der Waals surface area (Å²) in [5.41, 5.74) is 0. The molecule has 1 heterocycles. The smallest absolute Gasteiger partial charge is 0.334 e. The molecule has 3 amide bonds. The molecule has 1 aliphatic rings. The molecule has 1 rings (SSSR count). The Morgan fingerprint density at radius 2 is 1.95 bits per heavy atom. The standard InChI is InChI=1S/C12H21N3O5/c1-13-10(16)8-3-5-15(6-4-8)12(19)14-7-9(20-2)11(17)18/h8-9H,3-7H2,1-2H3,(H,13,16)(H,14,19)(H,17,18). The van der Waals surface area contributed by atoms with Crippen molar-refractivity contribution in [2.75, 3.05) is 33.8 Å².